The summed E-state index contributed by atoms with van der Waals surface area (Å²) in [6.45, 7) is 8.01. The van der Waals surface area contributed by atoms with E-state index in [4.69, 9.17) is 15.3 Å². The first kappa shape index (κ1) is 27.4. The van der Waals surface area contributed by atoms with E-state index in [0.29, 0.717) is 0 Å². The zero-order chi connectivity index (χ0) is 14.6. The van der Waals surface area contributed by atoms with Gasteiger partial charge in [0.2, 0.25) is 0 Å². The Morgan fingerprint density at radius 3 is 1.68 bits per heavy atom. The van der Waals surface area contributed by atoms with Crippen LogP contribution in [0.1, 0.15) is 53.4 Å². The first-order valence-electron chi connectivity index (χ1n) is 6.76. The van der Waals surface area contributed by atoms with Crippen LogP contribution in [0.5, 0.6) is 0 Å². The average Bonchev–Trinajstić information content (AvgIpc) is 2.82. The van der Waals surface area contributed by atoms with E-state index in [1.165, 1.54) is 24.8 Å². The van der Waals surface area contributed by atoms with Gasteiger partial charge in [-0.15, -0.1) is 6.42 Å². The fourth-order valence-electron chi connectivity index (χ4n) is 0.989. The average molecular weight is 307 g/mol. The topological polar surface area (TPSA) is 60.7 Å². The van der Waals surface area contributed by atoms with Crippen LogP contribution >= 0.6 is 0 Å². The molecule has 1 rings (SSSR count). The van der Waals surface area contributed by atoms with Gasteiger partial charge >= 0.3 is 0 Å². The molecule has 0 saturated heterocycles. The first-order chi connectivity index (χ1) is 8.67. The molecule has 19 heavy (non-hydrogen) atoms. The summed E-state index contributed by atoms with van der Waals surface area (Å²) in [7, 11) is 0. The van der Waals surface area contributed by atoms with Crippen molar-refractivity contribution in [1.29, 1.82) is 0 Å². The van der Waals surface area contributed by atoms with Gasteiger partial charge in [-0.1, -0.05) is 26.2 Å². The van der Waals surface area contributed by atoms with Crippen LogP contribution in [0.15, 0.2) is 17.7 Å². The van der Waals surface area contributed by atoms with E-state index in [1.54, 1.807) is 20.8 Å². The molecule has 1 aliphatic rings. The molecule has 0 aromatic carbocycles. The molecule has 0 heterocycles. The van der Waals surface area contributed by atoms with Gasteiger partial charge in [0.1, 0.15) is 0 Å². The molecule has 3 nitrogen and oxygen atoms in total. The van der Waals surface area contributed by atoms with Crippen molar-refractivity contribution in [2.75, 3.05) is 19.8 Å². The van der Waals surface area contributed by atoms with Gasteiger partial charge in [0, 0.05) is 41.5 Å². The Bertz CT molecular complexity index is 175. The van der Waals surface area contributed by atoms with Crippen molar-refractivity contribution >= 4 is 0 Å². The molecule has 114 valence electrons. The third-order valence-corrected chi connectivity index (χ3v) is 1.57. The van der Waals surface area contributed by atoms with Crippen LogP contribution in [0.25, 0.3) is 0 Å². The van der Waals surface area contributed by atoms with Crippen molar-refractivity contribution in [3.05, 3.63) is 23.8 Å². The normalized spacial score (nSPS) is 10.6. The van der Waals surface area contributed by atoms with Crippen molar-refractivity contribution in [3.8, 4) is 0 Å². The SMILES string of the molecule is CCCCC1=[C-]CC=C1.CCO.CCO.CCO.[Ti]. The predicted octanol–water partition coefficient (Wildman–Crippen LogP) is 2.86. The molecular formula is C15H31O3Ti-. The third kappa shape index (κ3) is 38.1. The van der Waals surface area contributed by atoms with Crippen LogP contribution in [-0.2, 0) is 21.7 Å². The largest absolute Gasteiger partial charge is 0.397 e. The van der Waals surface area contributed by atoms with Gasteiger partial charge in [-0.2, -0.15) is 6.08 Å². The van der Waals surface area contributed by atoms with E-state index in [2.05, 4.69) is 25.2 Å². The minimum absolute atomic E-state index is 0. The molecule has 0 saturated carbocycles. The van der Waals surface area contributed by atoms with Crippen LogP contribution in [0.3, 0.4) is 0 Å². The quantitative estimate of drug-likeness (QED) is 0.555. The standard InChI is InChI=1S/C9H13.3C2H6O.Ti/c1-2-3-6-9-7-4-5-8-9;3*1-2-3;/h4,7H,2-3,5-6H2,1H3;3*3H,2H2,1H3;/q-1;;;;. The fourth-order valence-corrected chi connectivity index (χ4v) is 0.989. The van der Waals surface area contributed by atoms with Crippen LogP contribution in [0, 0.1) is 6.08 Å². The second-order valence-electron chi connectivity index (χ2n) is 3.36. The monoisotopic (exact) mass is 307 g/mol. The van der Waals surface area contributed by atoms with Crippen LogP contribution < -0.4 is 0 Å². The van der Waals surface area contributed by atoms with Gasteiger partial charge in [-0.25, -0.2) is 11.6 Å². The van der Waals surface area contributed by atoms with Crippen molar-refractivity contribution in [2.24, 2.45) is 0 Å². The molecule has 0 radical (unpaired) electrons. The molecule has 0 amide bonds. The number of aliphatic hydroxyl groups excluding tert-OH is 3. The maximum atomic E-state index is 7.57. The van der Waals surface area contributed by atoms with Gasteiger partial charge in [-0.3, -0.25) is 6.08 Å². The number of aliphatic hydroxyl groups is 3. The number of allylic oxidation sites excluding steroid dienone is 4. The summed E-state index contributed by atoms with van der Waals surface area (Å²) in [6.07, 6.45) is 12.5. The predicted molar refractivity (Wildman–Crippen MR) is 78.3 cm³/mol. The van der Waals surface area contributed by atoms with Gasteiger partial charge in [0.15, 0.2) is 0 Å². The summed E-state index contributed by atoms with van der Waals surface area (Å²) in [5.74, 6) is 0. The summed E-state index contributed by atoms with van der Waals surface area (Å²) < 4.78 is 0. The molecule has 0 unspecified atom stereocenters. The maximum absolute atomic E-state index is 7.57. The van der Waals surface area contributed by atoms with E-state index in [1.807, 2.05) is 0 Å². The van der Waals surface area contributed by atoms with Crippen LogP contribution in [0.4, 0.5) is 0 Å². The van der Waals surface area contributed by atoms with E-state index < -0.39 is 0 Å². The Morgan fingerprint density at radius 1 is 1.00 bits per heavy atom. The number of rotatable bonds is 3. The van der Waals surface area contributed by atoms with E-state index in [-0.39, 0.29) is 41.5 Å². The van der Waals surface area contributed by atoms with Gasteiger partial charge < -0.3 is 15.3 Å². The Balaban J connectivity index is -0.0000000956. The molecule has 0 aliphatic heterocycles. The Morgan fingerprint density at radius 2 is 1.42 bits per heavy atom. The molecular weight excluding hydrogens is 276 g/mol. The summed E-state index contributed by atoms with van der Waals surface area (Å²) in [4.78, 5) is 0. The van der Waals surface area contributed by atoms with E-state index in [0.717, 1.165) is 6.42 Å². The number of unbranched alkanes of at least 4 members (excludes halogenated alkanes) is 1. The molecule has 0 atom stereocenters. The Kier molecular flexibility index (Phi) is 44.5. The molecule has 1 aliphatic carbocycles. The molecule has 0 fully saturated rings. The molecule has 4 heteroatoms. The second-order valence-corrected chi connectivity index (χ2v) is 3.36. The van der Waals surface area contributed by atoms with Crippen molar-refractivity contribution < 1.29 is 37.0 Å². The van der Waals surface area contributed by atoms with Crippen LogP contribution in [0.2, 0.25) is 0 Å². The maximum Gasteiger partial charge on any atom is 0.0402 e. The molecule has 0 bridgehead atoms. The minimum Gasteiger partial charge on any atom is -0.397 e. The smallest absolute Gasteiger partial charge is 0.0402 e. The number of hydrogen-bond donors (Lipinski definition) is 3. The summed E-state index contributed by atoms with van der Waals surface area (Å²) >= 11 is 0. The molecule has 0 aromatic heterocycles. The number of hydrogen-bond acceptors (Lipinski definition) is 3. The fraction of sp³-hybridized carbons (Fsp3) is 0.733. The summed E-state index contributed by atoms with van der Waals surface area (Å²) in [5.41, 5.74) is 1.41. The Hall–Kier alpha value is 0.0743. The zero-order valence-corrected chi connectivity index (χ0v) is 14.5. The van der Waals surface area contributed by atoms with Gasteiger partial charge in [0.25, 0.3) is 0 Å². The molecule has 0 aromatic rings. The van der Waals surface area contributed by atoms with Crippen molar-refractivity contribution in [1.82, 2.24) is 0 Å². The van der Waals surface area contributed by atoms with Crippen molar-refractivity contribution in [2.45, 2.75) is 53.4 Å². The van der Waals surface area contributed by atoms with E-state index >= 15 is 0 Å². The van der Waals surface area contributed by atoms with Gasteiger partial charge in [-0.05, 0) is 20.8 Å². The molecule has 3 N–H and O–H groups in total. The zero-order valence-electron chi connectivity index (χ0n) is 12.9. The van der Waals surface area contributed by atoms with Crippen molar-refractivity contribution in [3.63, 3.8) is 0 Å². The third-order valence-electron chi connectivity index (χ3n) is 1.57. The van der Waals surface area contributed by atoms with E-state index in [9.17, 15) is 0 Å². The second kappa shape index (κ2) is 30.8. The van der Waals surface area contributed by atoms with Gasteiger partial charge in [0.05, 0.1) is 0 Å². The summed E-state index contributed by atoms with van der Waals surface area (Å²) in [6, 6.07) is 0. The summed E-state index contributed by atoms with van der Waals surface area (Å²) in [5, 5.41) is 22.7. The first-order valence-corrected chi connectivity index (χ1v) is 6.76. The molecule has 0 spiro atoms. The van der Waals surface area contributed by atoms with Crippen LogP contribution in [-0.4, -0.2) is 35.1 Å². The Labute approximate surface area is 134 Å². The minimum atomic E-state index is 0.